The third-order valence-electron chi connectivity index (χ3n) is 4.88. The van der Waals surface area contributed by atoms with Gasteiger partial charge in [0.15, 0.2) is 0 Å². The number of nitrogens with one attached hydrogen (secondary N) is 1. The zero-order chi connectivity index (χ0) is 21.0. The van der Waals surface area contributed by atoms with Crippen LogP contribution in [0.15, 0.2) is 42.5 Å². The van der Waals surface area contributed by atoms with E-state index < -0.39 is 0 Å². The molecule has 7 heteroatoms. The molecule has 0 radical (unpaired) electrons. The lowest BCUT2D eigenvalue weighted by atomic mass is 10.1. The summed E-state index contributed by atoms with van der Waals surface area (Å²) < 4.78 is 0.957. The van der Waals surface area contributed by atoms with Crippen LogP contribution in [-0.2, 0) is 4.79 Å². The summed E-state index contributed by atoms with van der Waals surface area (Å²) in [5.74, 6) is 0.406. The van der Waals surface area contributed by atoms with Gasteiger partial charge in [0.25, 0.3) is 5.91 Å². The van der Waals surface area contributed by atoms with E-state index in [1.54, 1.807) is 12.1 Å². The zero-order valence-electron chi connectivity index (χ0n) is 16.6. The Hall–Kier alpha value is -1.80. The number of rotatable bonds is 5. The molecular weight excluding hydrogens is 501 g/mol. The van der Waals surface area contributed by atoms with Crippen LogP contribution in [0.4, 0.5) is 11.4 Å². The minimum absolute atomic E-state index is 0.224. The number of hydrogen-bond donors (Lipinski definition) is 1. The van der Waals surface area contributed by atoms with E-state index in [2.05, 4.69) is 46.7 Å². The molecule has 0 unspecified atom stereocenters. The van der Waals surface area contributed by atoms with Gasteiger partial charge in [0.2, 0.25) is 5.91 Å². The highest BCUT2D eigenvalue weighted by Crippen LogP contribution is 2.23. The van der Waals surface area contributed by atoms with Crippen molar-refractivity contribution in [3.63, 3.8) is 0 Å². The standard InChI is InChI=1S/C22H25ClIN3O2/c1-15(2)13-21(28)27-11-9-26(10-12-27)18-6-4-17(5-7-18)25-22(29)19-14-16(24)3-8-20(19)23/h3-8,14-15H,9-13H2,1-2H3,(H,25,29). The number of amides is 2. The first-order valence-electron chi connectivity index (χ1n) is 9.72. The molecule has 1 aliphatic heterocycles. The highest BCUT2D eigenvalue weighted by atomic mass is 127. The average Bonchev–Trinajstić information content (AvgIpc) is 2.70. The van der Waals surface area contributed by atoms with Gasteiger partial charge in [-0.1, -0.05) is 25.4 Å². The SMILES string of the molecule is CC(C)CC(=O)N1CCN(c2ccc(NC(=O)c3cc(I)ccc3Cl)cc2)CC1. The third-order valence-corrected chi connectivity index (χ3v) is 5.88. The van der Waals surface area contributed by atoms with Crippen molar-refractivity contribution in [2.75, 3.05) is 36.4 Å². The highest BCUT2D eigenvalue weighted by Gasteiger charge is 2.21. The van der Waals surface area contributed by atoms with Crippen LogP contribution in [0.3, 0.4) is 0 Å². The molecule has 1 saturated heterocycles. The lowest BCUT2D eigenvalue weighted by Crippen LogP contribution is -2.49. The van der Waals surface area contributed by atoms with Gasteiger partial charge in [0.1, 0.15) is 0 Å². The van der Waals surface area contributed by atoms with E-state index in [9.17, 15) is 9.59 Å². The summed E-state index contributed by atoms with van der Waals surface area (Å²) in [5, 5.41) is 3.33. The molecule has 0 aromatic heterocycles. The Morgan fingerprint density at radius 1 is 1.07 bits per heavy atom. The van der Waals surface area contributed by atoms with Crippen LogP contribution in [-0.4, -0.2) is 42.9 Å². The smallest absolute Gasteiger partial charge is 0.257 e. The van der Waals surface area contributed by atoms with Crippen molar-refractivity contribution in [3.8, 4) is 0 Å². The van der Waals surface area contributed by atoms with Crippen molar-refractivity contribution in [1.29, 1.82) is 0 Å². The summed E-state index contributed by atoms with van der Waals surface area (Å²) in [5.41, 5.74) is 2.27. The Bertz CT molecular complexity index is 878. The first-order valence-corrected chi connectivity index (χ1v) is 11.2. The van der Waals surface area contributed by atoms with E-state index in [-0.39, 0.29) is 11.8 Å². The number of hydrogen-bond acceptors (Lipinski definition) is 3. The molecule has 0 aliphatic carbocycles. The van der Waals surface area contributed by atoms with Crippen molar-refractivity contribution in [1.82, 2.24) is 4.90 Å². The fourth-order valence-corrected chi connectivity index (χ4v) is 4.01. The Balaban J connectivity index is 1.57. The molecule has 2 aromatic carbocycles. The van der Waals surface area contributed by atoms with Crippen LogP contribution >= 0.6 is 34.2 Å². The summed E-state index contributed by atoms with van der Waals surface area (Å²) in [7, 11) is 0. The summed E-state index contributed by atoms with van der Waals surface area (Å²) in [4.78, 5) is 28.9. The summed E-state index contributed by atoms with van der Waals surface area (Å²) in [6.45, 7) is 7.26. The number of piperazine rings is 1. The van der Waals surface area contributed by atoms with Crippen molar-refractivity contribution >= 4 is 57.4 Å². The Morgan fingerprint density at radius 3 is 2.34 bits per heavy atom. The molecule has 2 aromatic rings. The predicted molar refractivity (Wildman–Crippen MR) is 127 cm³/mol. The number of carbonyl (C=O) groups excluding carboxylic acids is 2. The molecule has 0 spiro atoms. The molecule has 0 atom stereocenters. The van der Waals surface area contributed by atoms with E-state index in [0.29, 0.717) is 22.9 Å². The second-order valence-electron chi connectivity index (χ2n) is 7.59. The lowest BCUT2D eigenvalue weighted by molar-refractivity contribution is -0.132. The maximum Gasteiger partial charge on any atom is 0.257 e. The molecule has 1 heterocycles. The minimum Gasteiger partial charge on any atom is -0.368 e. The van der Waals surface area contributed by atoms with Gasteiger partial charge in [-0.25, -0.2) is 0 Å². The Labute approximate surface area is 190 Å². The van der Waals surface area contributed by atoms with Crippen molar-refractivity contribution < 1.29 is 9.59 Å². The van der Waals surface area contributed by atoms with Gasteiger partial charge in [-0.15, -0.1) is 0 Å². The summed E-state index contributed by atoms with van der Waals surface area (Å²) >= 11 is 8.30. The Morgan fingerprint density at radius 2 is 1.72 bits per heavy atom. The second kappa shape index (κ2) is 9.80. The second-order valence-corrected chi connectivity index (χ2v) is 9.24. The van der Waals surface area contributed by atoms with Gasteiger partial charge in [-0.05, 0) is 71.0 Å². The van der Waals surface area contributed by atoms with Gasteiger partial charge in [-0.3, -0.25) is 9.59 Å². The Kier molecular flexibility index (Phi) is 7.40. The molecule has 3 rings (SSSR count). The van der Waals surface area contributed by atoms with Gasteiger partial charge in [-0.2, -0.15) is 0 Å². The number of halogens is 2. The van der Waals surface area contributed by atoms with Crippen LogP contribution in [0, 0.1) is 9.49 Å². The highest BCUT2D eigenvalue weighted by molar-refractivity contribution is 14.1. The minimum atomic E-state index is -0.224. The van der Waals surface area contributed by atoms with Crippen LogP contribution in [0.25, 0.3) is 0 Å². The third kappa shape index (κ3) is 5.85. The molecule has 0 bridgehead atoms. The van der Waals surface area contributed by atoms with Gasteiger partial charge < -0.3 is 15.1 Å². The number of benzene rings is 2. The number of carbonyl (C=O) groups is 2. The van der Waals surface area contributed by atoms with Crippen molar-refractivity contribution in [2.24, 2.45) is 5.92 Å². The average molecular weight is 526 g/mol. The van der Waals surface area contributed by atoms with Gasteiger partial charge in [0.05, 0.1) is 10.6 Å². The maximum absolute atomic E-state index is 12.5. The van der Waals surface area contributed by atoms with E-state index >= 15 is 0 Å². The zero-order valence-corrected chi connectivity index (χ0v) is 19.5. The molecular formula is C22H25ClIN3O2. The lowest BCUT2D eigenvalue weighted by Gasteiger charge is -2.36. The van der Waals surface area contributed by atoms with Crippen LogP contribution in [0.5, 0.6) is 0 Å². The molecule has 154 valence electrons. The largest absolute Gasteiger partial charge is 0.368 e. The first kappa shape index (κ1) is 21.9. The summed E-state index contributed by atoms with van der Waals surface area (Å²) in [6, 6.07) is 13.1. The fourth-order valence-electron chi connectivity index (χ4n) is 3.32. The fraction of sp³-hybridized carbons (Fsp3) is 0.364. The molecule has 1 N–H and O–H groups in total. The van der Waals surface area contributed by atoms with E-state index in [1.807, 2.05) is 35.2 Å². The normalized spacial score (nSPS) is 14.2. The molecule has 0 saturated carbocycles. The molecule has 1 fully saturated rings. The van der Waals surface area contributed by atoms with Crippen LogP contribution in [0.2, 0.25) is 5.02 Å². The maximum atomic E-state index is 12.5. The van der Waals surface area contributed by atoms with E-state index in [0.717, 1.165) is 41.1 Å². The molecule has 2 amide bonds. The van der Waals surface area contributed by atoms with Crippen molar-refractivity contribution in [3.05, 3.63) is 56.6 Å². The quantitative estimate of drug-likeness (QED) is 0.566. The predicted octanol–water partition coefficient (Wildman–Crippen LogP) is 4.89. The van der Waals surface area contributed by atoms with Crippen LogP contribution < -0.4 is 10.2 Å². The van der Waals surface area contributed by atoms with Crippen LogP contribution in [0.1, 0.15) is 30.6 Å². The summed E-state index contributed by atoms with van der Waals surface area (Å²) in [6.07, 6.45) is 0.610. The van der Waals surface area contributed by atoms with E-state index in [4.69, 9.17) is 11.6 Å². The van der Waals surface area contributed by atoms with E-state index in [1.165, 1.54) is 0 Å². The van der Waals surface area contributed by atoms with Gasteiger partial charge >= 0.3 is 0 Å². The number of anilines is 2. The number of nitrogens with zero attached hydrogens (tertiary/aromatic N) is 2. The first-order chi connectivity index (χ1) is 13.8. The van der Waals surface area contributed by atoms with Gasteiger partial charge in [0, 0.05) is 47.5 Å². The molecule has 1 aliphatic rings. The molecule has 5 nitrogen and oxygen atoms in total. The molecule has 29 heavy (non-hydrogen) atoms. The van der Waals surface area contributed by atoms with Crippen molar-refractivity contribution in [2.45, 2.75) is 20.3 Å². The topological polar surface area (TPSA) is 52.7 Å². The monoisotopic (exact) mass is 525 g/mol.